The number of thioether (sulfide) groups is 1. The Balaban J connectivity index is 1.71. The molecule has 1 amide bonds. The molecule has 0 saturated heterocycles. The summed E-state index contributed by atoms with van der Waals surface area (Å²) in [5.74, 6) is 1.30. The molecule has 1 aromatic heterocycles. The number of anilines is 1. The van der Waals surface area contributed by atoms with Crippen LogP contribution < -0.4 is 14.8 Å². The Morgan fingerprint density at radius 1 is 1.21 bits per heavy atom. The van der Waals surface area contributed by atoms with E-state index in [-0.39, 0.29) is 5.91 Å². The lowest BCUT2D eigenvalue weighted by molar-refractivity contribution is 0.102. The van der Waals surface area contributed by atoms with Gasteiger partial charge in [0.15, 0.2) is 5.69 Å². The molecule has 0 bridgehead atoms. The first-order valence-corrected chi connectivity index (χ1v) is 9.90. The lowest BCUT2D eigenvalue weighted by atomic mass is 10.1. The Labute approximate surface area is 171 Å². The first kappa shape index (κ1) is 18.7. The number of rotatable bonds is 4. The van der Waals surface area contributed by atoms with Gasteiger partial charge in [0.2, 0.25) is 0 Å². The molecule has 1 aliphatic heterocycles. The van der Waals surface area contributed by atoms with Gasteiger partial charge in [-0.2, -0.15) is 5.10 Å². The number of carbonyl (C=O) groups excluding carboxylic acids is 1. The Morgan fingerprint density at radius 2 is 1.96 bits per heavy atom. The summed E-state index contributed by atoms with van der Waals surface area (Å²) in [6, 6.07) is 11.4. The van der Waals surface area contributed by atoms with E-state index in [1.165, 1.54) is 19.1 Å². The number of hydrogen-bond acceptors (Lipinski definition) is 5. The highest BCUT2D eigenvalue weighted by molar-refractivity contribution is 7.98. The van der Waals surface area contributed by atoms with Crippen molar-refractivity contribution in [1.29, 1.82) is 0 Å². The van der Waals surface area contributed by atoms with Gasteiger partial charge < -0.3 is 14.8 Å². The molecule has 1 aliphatic rings. The van der Waals surface area contributed by atoms with E-state index in [1.54, 1.807) is 28.6 Å². The van der Waals surface area contributed by atoms with Gasteiger partial charge in [0.25, 0.3) is 5.91 Å². The molecule has 2 aromatic carbocycles. The topological polar surface area (TPSA) is 65.4 Å². The molecule has 4 rings (SSSR count). The minimum absolute atomic E-state index is 0.309. The zero-order valence-electron chi connectivity index (χ0n) is 15.6. The fraction of sp³-hybridized carbons (Fsp3) is 0.200. The number of nitrogens with zero attached hydrogens (tertiary/aromatic N) is 2. The number of benzene rings is 2. The third-order valence-corrected chi connectivity index (χ3v) is 5.99. The summed E-state index contributed by atoms with van der Waals surface area (Å²) in [5, 5.41) is 7.74. The summed E-state index contributed by atoms with van der Waals surface area (Å²) < 4.78 is 12.3. The van der Waals surface area contributed by atoms with E-state index < -0.39 is 0 Å². The Hall–Kier alpha value is -2.64. The van der Waals surface area contributed by atoms with Gasteiger partial charge in [0.05, 0.1) is 30.6 Å². The van der Waals surface area contributed by atoms with Crippen LogP contribution in [0.15, 0.2) is 41.3 Å². The minimum atomic E-state index is -0.309. The Kier molecular flexibility index (Phi) is 4.95. The third-order valence-electron chi connectivity index (χ3n) is 4.60. The molecular formula is C20H18ClN3O3S. The van der Waals surface area contributed by atoms with Crippen LogP contribution in [0.4, 0.5) is 5.69 Å². The highest BCUT2D eigenvalue weighted by atomic mass is 35.5. The molecule has 1 N–H and O–H groups in total. The van der Waals surface area contributed by atoms with Crippen molar-refractivity contribution >= 4 is 35.0 Å². The van der Waals surface area contributed by atoms with Crippen LogP contribution >= 0.6 is 23.4 Å². The molecule has 3 aromatic rings. The van der Waals surface area contributed by atoms with Gasteiger partial charge in [-0.25, -0.2) is 0 Å². The van der Waals surface area contributed by atoms with Crippen molar-refractivity contribution in [1.82, 2.24) is 9.78 Å². The van der Waals surface area contributed by atoms with E-state index in [2.05, 4.69) is 22.5 Å². The monoisotopic (exact) mass is 415 g/mol. The number of ether oxygens (including phenoxy) is 2. The van der Waals surface area contributed by atoms with Crippen LogP contribution in [0.2, 0.25) is 5.02 Å². The maximum Gasteiger partial charge on any atom is 0.276 e. The molecular weight excluding hydrogens is 398 g/mol. The molecule has 28 heavy (non-hydrogen) atoms. The first-order valence-electron chi connectivity index (χ1n) is 8.54. The second kappa shape index (κ2) is 7.41. The number of aromatic nitrogens is 2. The number of carbonyl (C=O) groups is 1. The number of methoxy groups -OCH3 is 2. The van der Waals surface area contributed by atoms with E-state index in [0.29, 0.717) is 33.7 Å². The van der Waals surface area contributed by atoms with Crippen molar-refractivity contribution in [2.45, 2.75) is 10.6 Å². The molecule has 8 heteroatoms. The summed E-state index contributed by atoms with van der Waals surface area (Å²) in [6.07, 6.45) is 0. The quantitative estimate of drug-likeness (QED) is 0.673. The molecule has 0 radical (unpaired) electrons. The normalized spacial score (nSPS) is 12.1. The van der Waals surface area contributed by atoms with E-state index >= 15 is 0 Å². The van der Waals surface area contributed by atoms with Crippen LogP contribution in [0.3, 0.4) is 0 Å². The maximum atomic E-state index is 13.0. The largest absolute Gasteiger partial charge is 0.495 e. The number of nitrogens with one attached hydrogen (secondary N) is 1. The lowest BCUT2D eigenvalue weighted by Gasteiger charge is -2.17. The van der Waals surface area contributed by atoms with Crippen molar-refractivity contribution in [3.05, 3.63) is 52.7 Å². The smallest absolute Gasteiger partial charge is 0.276 e. The summed E-state index contributed by atoms with van der Waals surface area (Å²) in [7, 11) is 4.90. The molecule has 2 heterocycles. The number of halogens is 1. The average Bonchev–Trinajstić information content (AvgIpc) is 3.05. The summed E-state index contributed by atoms with van der Waals surface area (Å²) in [5.41, 5.74) is 3.84. The number of hydrogen-bond donors (Lipinski definition) is 1. The van der Waals surface area contributed by atoms with Crippen LogP contribution in [-0.2, 0) is 12.8 Å². The SMILES string of the molecule is COc1cc(OC)c(NC(=O)c2nn(C)c3c2CSc2ccccc2-3)cc1Cl. The van der Waals surface area contributed by atoms with Crippen molar-refractivity contribution < 1.29 is 14.3 Å². The van der Waals surface area contributed by atoms with Gasteiger partial charge in [-0.3, -0.25) is 9.48 Å². The molecule has 0 spiro atoms. The van der Waals surface area contributed by atoms with E-state index in [4.69, 9.17) is 21.1 Å². The lowest BCUT2D eigenvalue weighted by Crippen LogP contribution is -2.15. The molecule has 6 nitrogen and oxygen atoms in total. The van der Waals surface area contributed by atoms with Gasteiger partial charge in [-0.1, -0.05) is 29.8 Å². The molecule has 144 valence electrons. The highest BCUT2D eigenvalue weighted by Gasteiger charge is 2.28. The molecule has 0 unspecified atom stereocenters. The summed E-state index contributed by atoms with van der Waals surface area (Å²) >= 11 is 7.91. The van der Waals surface area contributed by atoms with Gasteiger partial charge in [-0.15, -0.1) is 11.8 Å². The Bertz CT molecular complexity index is 1080. The van der Waals surface area contributed by atoms with Crippen molar-refractivity contribution in [3.63, 3.8) is 0 Å². The molecule has 0 fully saturated rings. The van der Waals surface area contributed by atoms with Crippen molar-refractivity contribution in [2.75, 3.05) is 19.5 Å². The maximum absolute atomic E-state index is 13.0. The van der Waals surface area contributed by atoms with Crippen LogP contribution in [-0.4, -0.2) is 29.9 Å². The van der Waals surface area contributed by atoms with Gasteiger partial charge in [-0.05, 0) is 12.1 Å². The van der Waals surface area contributed by atoms with Gasteiger partial charge in [0, 0.05) is 34.9 Å². The van der Waals surface area contributed by atoms with Crippen LogP contribution in [0.25, 0.3) is 11.3 Å². The average molecular weight is 416 g/mol. The van der Waals surface area contributed by atoms with E-state index in [9.17, 15) is 4.79 Å². The molecule has 0 atom stereocenters. The standard InChI is InChI=1S/C20H18ClN3O3S/c1-24-19-11-6-4-5-7-17(11)28-10-12(19)18(23-24)20(25)22-14-8-13(21)15(26-2)9-16(14)27-3/h4-9H,10H2,1-3H3,(H,22,25). The van der Waals surface area contributed by atoms with Gasteiger partial charge in [0.1, 0.15) is 11.5 Å². The summed E-state index contributed by atoms with van der Waals surface area (Å²) in [4.78, 5) is 14.2. The van der Waals surface area contributed by atoms with Gasteiger partial charge >= 0.3 is 0 Å². The van der Waals surface area contributed by atoms with Crippen LogP contribution in [0.5, 0.6) is 11.5 Å². The zero-order chi connectivity index (χ0) is 19.8. The fourth-order valence-electron chi connectivity index (χ4n) is 3.30. The number of amides is 1. The van der Waals surface area contributed by atoms with E-state index in [1.807, 2.05) is 19.2 Å². The van der Waals surface area contributed by atoms with Crippen molar-refractivity contribution in [3.8, 4) is 22.8 Å². The minimum Gasteiger partial charge on any atom is -0.495 e. The zero-order valence-corrected chi connectivity index (χ0v) is 17.1. The number of fused-ring (bicyclic) bond motifs is 3. The van der Waals surface area contributed by atoms with Crippen molar-refractivity contribution in [2.24, 2.45) is 7.05 Å². The second-order valence-corrected chi connectivity index (χ2v) is 7.65. The fourth-order valence-corrected chi connectivity index (χ4v) is 4.61. The summed E-state index contributed by atoms with van der Waals surface area (Å²) in [6.45, 7) is 0. The van der Waals surface area contributed by atoms with E-state index in [0.717, 1.165) is 16.8 Å². The highest BCUT2D eigenvalue weighted by Crippen LogP contribution is 2.42. The predicted molar refractivity (Wildman–Crippen MR) is 111 cm³/mol. The predicted octanol–water partition coefficient (Wildman–Crippen LogP) is 4.62. The molecule has 0 aliphatic carbocycles. The first-order chi connectivity index (χ1) is 13.5. The Morgan fingerprint density at radius 3 is 2.71 bits per heavy atom. The van der Waals surface area contributed by atoms with Crippen LogP contribution in [0, 0.1) is 0 Å². The second-order valence-electron chi connectivity index (χ2n) is 6.23. The molecule has 0 saturated carbocycles. The number of aryl methyl sites for hydroxylation is 1. The third kappa shape index (κ3) is 3.10. The van der Waals surface area contributed by atoms with Crippen LogP contribution in [0.1, 0.15) is 16.1 Å².